The molecule has 1 amide bonds. The Morgan fingerprint density at radius 1 is 1.00 bits per heavy atom. The Kier molecular flexibility index (Phi) is 8.15. The van der Waals surface area contributed by atoms with Crippen molar-refractivity contribution in [2.24, 2.45) is 5.92 Å². The van der Waals surface area contributed by atoms with Gasteiger partial charge in [-0.1, -0.05) is 63.2 Å². The lowest BCUT2D eigenvalue weighted by molar-refractivity contribution is 0.0871. The fraction of sp³-hybridized carbons (Fsp3) is 0.441. The van der Waals surface area contributed by atoms with Crippen molar-refractivity contribution in [1.82, 2.24) is 14.3 Å². The van der Waals surface area contributed by atoms with Crippen LogP contribution in [-0.4, -0.2) is 54.3 Å². The molecular formula is C34H43N5O3S. The molecule has 1 unspecified atom stereocenters. The van der Waals surface area contributed by atoms with Crippen LogP contribution in [0.2, 0.25) is 0 Å². The van der Waals surface area contributed by atoms with E-state index in [1.165, 1.54) is 12.1 Å². The molecule has 2 aliphatic heterocycles. The summed E-state index contributed by atoms with van der Waals surface area (Å²) in [6, 6.07) is 18.8. The highest BCUT2D eigenvalue weighted by molar-refractivity contribution is 7.89. The first kappa shape index (κ1) is 30.7. The number of carbonyl (C=O) groups excluding carboxylic acids is 1. The van der Waals surface area contributed by atoms with Crippen LogP contribution in [0, 0.1) is 5.92 Å². The first-order chi connectivity index (χ1) is 20.2. The number of benzene rings is 1. The molecular weight excluding hydrogens is 558 g/mol. The number of anilines is 2. The van der Waals surface area contributed by atoms with Gasteiger partial charge in [-0.15, -0.1) is 6.58 Å². The van der Waals surface area contributed by atoms with E-state index in [1.807, 2.05) is 37.4 Å². The number of nitrogens with zero attached hydrogens (tertiary/aromatic N) is 5. The van der Waals surface area contributed by atoms with Gasteiger partial charge in [0.15, 0.2) is 5.03 Å². The SMILES string of the molecule is C=CCN1C(=O)c2ccc(C(C)(C)C)nc2N2C[C@@H](CCC(c3ccccc3)N(C)c3cccc(n3)S1(=O)=O)CC2(C)C. The molecule has 1 fully saturated rings. The van der Waals surface area contributed by atoms with Gasteiger partial charge in [-0.2, -0.15) is 8.42 Å². The van der Waals surface area contributed by atoms with Crippen LogP contribution in [0.3, 0.4) is 0 Å². The molecule has 2 aliphatic rings. The lowest BCUT2D eigenvalue weighted by atomic mass is 9.90. The van der Waals surface area contributed by atoms with Crippen LogP contribution < -0.4 is 9.80 Å². The van der Waals surface area contributed by atoms with Gasteiger partial charge in [-0.25, -0.2) is 14.3 Å². The number of rotatable bonds is 3. The van der Waals surface area contributed by atoms with Gasteiger partial charge in [-0.05, 0) is 68.9 Å². The number of fused-ring (bicyclic) bond motifs is 6. The van der Waals surface area contributed by atoms with Crippen LogP contribution in [0.1, 0.15) is 81.5 Å². The Bertz CT molecular complexity index is 1610. The summed E-state index contributed by atoms with van der Waals surface area (Å²) in [7, 11) is -2.37. The minimum absolute atomic E-state index is 0.0160. The second-order valence-corrected chi connectivity index (χ2v) is 15.2. The molecule has 0 spiro atoms. The van der Waals surface area contributed by atoms with Crippen LogP contribution in [0.5, 0.6) is 0 Å². The van der Waals surface area contributed by atoms with Crippen LogP contribution in [-0.2, 0) is 15.4 Å². The van der Waals surface area contributed by atoms with Crippen molar-refractivity contribution < 1.29 is 13.2 Å². The number of aromatic nitrogens is 2. The molecule has 8 nitrogen and oxygen atoms in total. The Hall–Kier alpha value is -3.72. The van der Waals surface area contributed by atoms with Crippen molar-refractivity contribution in [1.29, 1.82) is 0 Å². The van der Waals surface area contributed by atoms with Crippen molar-refractivity contribution in [3.05, 3.63) is 90.1 Å². The number of carbonyl (C=O) groups is 1. The zero-order valence-electron chi connectivity index (χ0n) is 26.1. The van der Waals surface area contributed by atoms with Crippen LogP contribution in [0.15, 0.2) is 78.3 Å². The van der Waals surface area contributed by atoms with E-state index in [4.69, 9.17) is 4.98 Å². The molecule has 0 N–H and O–H groups in total. The zero-order valence-corrected chi connectivity index (χ0v) is 26.9. The Morgan fingerprint density at radius 2 is 1.72 bits per heavy atom. The fourth-order valence-electron chi connectivity index (χ4n) is 6.40. The van der Waals surface area contributed by atoms with Gasteiger partial charge in [0.05, 0.1) is 18.2 Å². The number of hydrogen-bond acceptors (Lipinski definition) is 7. The van der Waals surface area contributed by atoms with Gasteiger partial charge in [-0.3, -0.25) is 4.79 Å². The molecule has 43 heavy (non-hydrogen) atoms. The van der Waals surface area contributed by atoms with E-state index in [0.29, 0.717) is 17.6 Å². The first-order valence-electron chi connectivity index (χ1n) is 15.0. The second-order valence-electron chi connectivity index (χ2n) is 13.4. The van der Waals surface area contributed by atoms with E-state index >= 15 is 0 Å². The normalized spacial score (nSPS) is 22.0. The highest BCUT2D eigenvalue weighted by atomic mass is 32.2. The van der Waals surface area contributed by atoms with Gasteiger partial charge < -0.3 is 9.80 Å². The molecule has 9 heteroatoms. The molecule has 4 bridgehead atoms. The molecule has 0 radical (unpaired) electrons. The van der Waals surface area contributed by atoms with Gasteiger partial charge in [0.1, 0.15) is 11.6 Å². The number of pyridine rings is 2. The monoisotopic (exact) mass is 601 g/mol. The number of sulfonamides is 1. The van der Waals surface area contributed by atoms with Gasteiger partial charge >= 0.3 is 0 Å². The molecule has 228 valence electrons. The molecule has 0 aliphatic carbocycles. The molecule has 3 aromatic rings. The minimum Gasteiger partial charge on any atom is -0.353 e. The lowest BCUT2D eigenvalue weighted by Crippen LogP contribution is -2.42. The topological polar surface area (TPSA) is 86.7 Å². The molecule has 2 atom stereocenters. The maximum Gasteiger partial charge on any atom is 0.284 e. The smallest absolute Gasteiger partial charge is 0.284 e. The summed E-state index contributed by atoms with van der Waals surface area (Å²) in [5, 5.41) is -0.184. The summed E-state index contributed by atoms with van der Waals surface area (Å²) in [6.07, 6.45) is 4.16. The lowest BCUT2D eigenvalue weighted by Gasteiger charge is -2.35. The van der Waals surface area contributed by atoms with E-state index < -0.39 is 15.9 Å². The standard InChI is InChI=1S/C34H43N5O3S/c1-8-21-39-32(40)26-18-20-28(33(2,3)4)35-31(26)38-23-24(22-34(38,5)6)17-19-27(25-13-10-9-11-14-25)37(7)29-15-12-16-30(36-29)43(39,41)42/h8-16,18,20,24,27H,1,17,19,21-23H2,2-7H3/t24-,27?/m0/s1. The highest BCUT2D eigenvalue weighted by Crippen LogP contribution is 2.42. The van der Waals surface area contributed by atoms with E-state index in [9.17, 15) is 13.2 Å². The molecule has 4 heterocycles. The minimum atomic E-state index is -4.33. The summed E-state index contributed by atoms with van der Waals surface area (Å²) in [5.41, 5.74) is 1.70. The van der Waals surface area contributed by atoms with Crippen LogP contribution in [0.25, 0.3) is 0 Å². The predicted molar refractivity (Wildman–Crippen MR) is 172 cm³/mol. The third-order valence-electron chi connectivity index (χ3n) is 8.74. The highest BCUT2D eigenvalue weighted by Gasteiger charge is 2.43. The Labute approximate surface area is 256 Å². The van der Waals surface area contributed by atoms with E-state index in [1.54, 1.807) is 12.1 Å². The zero-order chi connectivity index (χ0) is 31.2. The van der Waals surface area contributed by atoms with E-state index in [0.717, 1.165) is 41.4 Å². The van der Waals surface area contributed by atoms with Crippen molar-refractivity contribution in [2.75, 3.05) is 29.9 Å². The van der Waals surface area contributed by atoms with E-state index in [2.05, 4.69) is 68.1 Å². The molecule has 2 aromatic heterocycles. The number of amides is 1. The Morgan fingerprint density at radius 3 is 2.40 bits per heavy atom. The van der Waals surface area contributed by atoms with Crippen LogP contribution >= 0.6 is 0 Å². The average Bonchev–Trinajstić information content (AvgIpc) is 3.28. The summed E-state index contributed by atoms with van der Waals surface area (Å²) < 4.78 is 29.2. The first-order valence-corrected chi connectivity index (χ1v) is 16.4. The molecule has 1 saturated heterocycles. The average molecular weight is 602 g/mol. The van der Waals surface area contributed by atoms with Crippen molar-refractivity contribution >= 4 is 27.6 Å². The van der Waals surface area contributed by atoms with Crippen molar-refractivity contribution in [2.45, 2.75) is 75.9 Å². The van der Waals surface area contributed by atoms with E-state index in [-0.39, 0.29) is 34.1 Å². The second kappa shape index (κ2) is 11.4. The molecule has 5 rings (SSSR count). The maximum absolute atomic E-state index is 14.3. The third-order valence-corrected chi connectivity index (χ3v) is 10.4. The number of hydrogen-bond donors (Lipinski definition) is 0. The Balaban J connectivity index is 1.73. The summed E-state index contributed by atoms with van der Waals surface area (Å²) >= 11 is 0. The molecule has 0 saturated carbocycles. The van der Waals surface area contributed by atoms with Crippen LogP contribution in [0.4, 0.5) is 11.6 Å². The third kappa shape index (κ3) is 5.92. The van der Waals surface area contributed by atoms with Gasteiger partial charge in [0.2, 0.25) is 0 Å². The van der Waals surface area contributed by atoms with Gasteiger partial charge in [0, 0.05) is 30.2 Å². The quantitative estimate of drug-likeness (QED) is 0.323. The predicted octanol–water partition coefficient (Wildman–Crippen LogP) is 6.37. The summed E-state index contributed by atoms with van der Waals surface area (Å²) in [4.78, 5) is 28.3. The maximum atomic E-state index is 14.3. The largest absolute Gasteiger partial charge is 0.353 e. The van der Waals surface area contributed by atoms with Crippen molar-refractivity contribution in [3.8, 4) is 0 Å². The van der Waals surface area contributed by atoms with Crippen molar-refractivity contribution in [3.63, 3.8) is 0 Å². The van der Waals surface area contributed by atoms with Gasteiger partial charge in [0.25, 0.3) is 15.9 Å². The molecule has 1 aromatic carbocycles. The summed E-state index contributed by atoms with van der Waals surface area (Å²) in [5.74, 6) is 0.776. The fourth-order valence-corrected chi connectivity index (χ4v) is 7.71. The summed E-state index contributed by atoms with van der Waals surface area (Å²) in [6.45, 7) is 14.9.